The van der Waals surface area contributed by atoms with Crippen molar-refractivity contribution in [2.75, 3.05) is 36.5 Å². The smallest absolute Gasteiger partial charge is 0.242 e. The van der Waals surface area contributed by atoms with Crippen LogP contribution >= 0.6 is 0 Å². The van der Waals surface area contributed by atoms with Crippen molar-refractivity contribution in [1.82, 2.24) is 4.31 Å². The minimum atomic E-state index is -3.62. The van der Waals surface area contributed by atoms with Crippen LogP contribution in [0.25, 0.3) is 0 Å². The SMILES string of the molecule is CC(=O)N1CCc2cc(S(=O)(=O)N(C)CCCN3c4ccccc4CCc4ccccc43)ccc21. The molecule has 2 aliphatic heterocycles. The molecule has 0 N–H and O–H groups in total. The zero-order chi connectivity index (χ0) is 24.6. The number of hydrogen-bond acceptors (Lipinski definition) is 4. The highest BCUT2D eigenvalue weighted by molar-refractivity contribution is 7.89. The molecular formula is C28H31N3O3S. The normalized spacial score (nSPS) is 14.9. The minimum Gasteiger partial charge on any atom is -0.341 e. The quantitative estimate of drug-likeness (QED) is 0.510. The third-order valence-electron chi connectivity index (χ3n) is 7.12. The standard InChI is InChI=1S/C28H31N3O3S/c1-21(32)30-19-16-24-20-25(14-15-28(24)30)35(33,34)29(2)17-7-18-31-26-10-5-3-8-22(26)12-13-23-9-4-6-11-27(23)31/h3-6,8-11,14-15,20H,7,12-13,16-19H2,1-2H3. The van der Waals surface area contributed by atoms with Crippen molar-refractivity contribution in [2.45, 2.75) is 37.5 Å². The van der Waals surface area contributed by atoms with Gasteiger partial charge in [-0.2, -0.15) is 0 Å². The Morgan fingerprint density at radius 2 is 1.49 bits per heavy atom. The summed E-state index contributed by atoms with van der Waals surface area (Å²) in [7, 11) is -1.97. The maximum atomic E-state index is 13.3. The first-order valence-electron chi connectivity index (χ1n) is 12.2. The molecule has 0 unspecified atom stereocenters. The zero-order valence-electron chi connectivity index (χ0n) is 20.3. The topological polar surface area (TPSA) is 60.9 Å². The molecule has 0 saturated heterocycles. The van der Waals surface area contributed by atoms with E-state index in [1.165, 1.54) is 33.7 Å². The Balaban J connectivity index is 1.32. The van der Waals surface area contributed by atoms with Crippen LogP contribution in [0, 0.1) is 0 Å². The van der Waals surface area contributed by atoms with Gasteiger partial charge < -0.3 is 9.80 Å². The Labute approximate surface area is 207 Å². The average Bonchev–Trinajstić information content (AvgIpc) is 3.22. The molecule has 2 heterocycles. The van der Waals surface area contributed by atoms with Crippen molar-refractivity contribution < 1.29 is 13.2 Å². The second-order valence-electron chi connectivity index (χ2n) is 9.30. The molecule has 0 aliphatic carbocycles. The first-order chi connectivity index (χ1) is 16.9. The van der Waals surface area contributed by atoms with E-state index in [4.69, 9.17) is 0 Å². The number of carbonyl (C=O) groups is 1. The van der Waals surface area contributed by atoms with E-state index in [1.807, 2.05) is 0 Å². The Morgan fingerprint density at radius 1 is 0.857 bits per heavy atom. The summed E-state index contributed by atoms with van der Waals surface area (Å²) in [6, 6.07) is 22.1. The number of amides is 1. The van der Waals surface area contributed by atoms with Crippen molar-refractivity contribution in [3.63, 3.8) is 0 Å². The summed E-state index contributed by atoms with van der Waals surface area (Å²) in [5, 5.41) is 0. The van der Waals surface area contributed by atoms with Gasteiger partial charge in [0.1, 0.15) is 0 Å². The highest BCUT2D eigenvalue weighted by Gasteiger charge is 2.27. The number of carbonyl (C=O) groups excluding carboxylic acids is 1. The van der Waals surface area contributed by atoms with E-state index in [2.05, 4.69) is 53.4 Å². The van der Waals surface area contributed by atoms with E-state index >= 15 is 0 Å². The maximum Gasteiger partial charge on any atom is 0.242 e. The van der Waals surface area contributed by atoms with Crippen LogP contribution in [0.3, 0.4) is 0 Å². The fourth-order valence-corrected chi connectivity index (χ4v) is 6.49. The van der Waals surface area contributed by atoms with E-state index in [9.17, 15) is 13.2 Å². The number of benzene rings is 3. The number of anilines is 3. The van der Waals surface area contributed by atoms with Crippen LogP contribution < -0.4 is 9.80 Å². The van der Waals surface area contributed by atoms with Crippen LogP contribution in [-0.4, -0.2) is 45.3 Å². The fourth-order valence-electron chi connectivity index (χ4n) is 5.23. The Bertz CT molecular complexity index is 1320. The van der Waals surface area contributed by atoms with Crippen molar-refractivity contribution in [1.29, 1.82) is 0 Å². The third-order valence-corrected chi connectivity index (χ3v) is 8.97. The lowest BCUT2D eigenvalue weighted by atomic mass is 10.0. The number of hydrogen-bond donors (Lipinski definition) is 0. The van der Waals surface area contributed by atoms with Gasteiger partial charge in [-0.15, -0.1) is 0 Å². The van der Waals surface area contributed by atoms with Gasteiger partial charge in [-0.3, -0.25) is 4.79 Å². The second-order valence-corrected chi connectivity index (χ2v) is 11.3. The molecule has 35 heavy (non-hydrogen) atoms. The number of para-hydroxylation sites is 2. The molecule has 0 radical (unpaired) electrons. The molecule has 5 rings (SSSR count). The van der Waals surface area contributed by atoms with Crippen molar-refractivity contribution in [3.05, 3.63) is 83.4 Å². The Morgan fingerprint density at radius 3 is 2.11 bits per heavy atom. The molecule has 7 heteroatoms. The van der Waals surface area contributed by atoms with Gasteiger partial charge in [0.15, 0.2) is 0 Å². The zero-order valence-corrected chi connectivity index (χ0v) is 21.1. The van der Waals surface area contributed by atoms with Crippen LogP contribution in [0.15, 0.2) is 71.6 Å². The lowest BCUT2D eigenvalue weighted by Gasteiger charge is -2.28. The van der Waals surface area contributed by atoms with Crippen LogP contribution in [-0.2, 0) is 34.1 Å². The van der Waals surface area contributed by atoms with E-state index in [0.717, 1.165) is 30.6 Å². The van der Waals surface area contributed by atoms with Gasteiger partial charge in [-0.05, 0) is 72.7 Å². The van der Waals surface area contributed by atoms with Gasteiger partial charge in [0.05, 0.1) is 4.90 Å². The molecule has 3 aromatic carbocycles. The number of sulfonamides is 1. The van der Waals surface area contributed by atoms with Crippen molar-refractivity contribution >= 4 is 33.0 Å². The monoisotopic (exact) mass is 489 g/mol. The number of fused-ring (bicyclic) bond motifs is 3. The fraction of sp³-hybridized carbons (Fsp3) is 0.321. The van der Waals surface area contributed by atoms with Crippen molar-refractivity contribution in [2.24, 2.45) is 0 Å². The molecule has 0 fully saturated rings. The van der Waals surface area contributed by atoms with Gasteiger partial charge in [0.25, 0.3) is 0 Å². The number of rotatable bonds is 6. The highest BCUT2D eigenvalue weighted by atomic mass is 32.2. The predicted molar refractivity (Wildman–Crippen MR) is 140 cm³/mol. The molecule has 2 aliphatic rings. The summed E-state index contributed by atoms with van der Waals surface area (Å²) in [6.45, 7) is 3.28. The van der Waals surface area contributed by atoms with Gasteiger partial charge >= 0.3 is 0 Å². The summed E-state index contributed by atoms with van der Waals surface area (Å²) < 4.78 is 28.1. The van der Waals surface area contributed by atoms with Crippen LogP contribution in [0.2, 0.25) is 0 Å². The van der Waals surface area contributed by atoms with Gasteiger partial charge in [0.2, 0.25) is 15.9 Å². The molecule has 0 atom stereocenters. The van der Waals surface area contributed by atoms with Gasteiger partial charge in [-0.1, -0.05) is 36.4 Å². The molecule has 0 aromatic heterocycles. The largest absolute Gasteiger partial charge is 0.341 e. The maximum absolute atomic E-state index is 13.3. The van der Waals surface area contributed by atoms with E-state index < -0.39 is 10.0 Å². The van der Waals surface area contributed by atoms with E-state index in [0.29, 0.717) is 25.9 Å². The summed E-state index contributed by atoms with van der Waals surface area (Å²) >= 11 is 0. The lowest BCUT2D eigenvalue weighted by Crippen LogP contribution is -2.30. The molecule has 0 saturated carbocycles. The first-order valence-corrected chi connectivity index (χ1v) is 13.6. The van der Waals surface area contributed by atoms with E-state index in [1.54, 1.807) is 30.1 Å². The Kier molecular flexibility index (Phi) is 6.38. The molecule has 6 nitrogen and oxygen atoms in total. The van der Waals surface area contributed by atoms with E-state index in [-0.39, 0.29) is 10.8 Å². The molecule has 3 aromatic rings. The molecular weight excluding hydrogens is 458 g/mol. The molecule has 0 bridgehead atoms. The second kappa shape index (κ2) is 9.47. The van der Waals surface area contributed by atoms with Crippen LogP contribution in [0.1, 0.15) is 30.0 Å². The minimum absolute atomic E-state index is 0.0202. The molecule has 182 valence electrons. The van der Waals surface area contributed by atoms with Crippen LogP contribution in [0.4, 0.5) is 17.1 Å². The summed E-state index contributed by atoms with van der Waals surface area (Å²) in [4.78, 5) is 16.1. The molecule has 1 amide bonds. The lowest BCUT2D eigenvalue weighted by molar-refractivity contribution is -0.116. The Hall–Kier alpha value is -3.16. The van der Waals surface area contributed by atoms with Crippen LogP contribution in [0.5, 0.6) is 0 Å². The van der Waals surface area contributed by atoms with Gasteiger partial charge in [0, 0.05) is 50.7 Å². The summed E-state index contributed by atoms with van der Waals surface area (Å²) in [6.07, 6.45) is 3.37. The third kappa shape index (κ3) is 4.46. The summed E-state index contributed by atoms with van der Waals surface area (Å²) in [5.41, 5.74) is 6.78. The number of nitrogens with zero attached hydrogens (tertiary/aromatic N) is 3. The predicted octanol–water partition coefficient (Wildman–Crippen LogP) is 4.54. The van der Waals surface area contributed by atoms with Gasteiger partial charge in [-0.25, -0.2) is 12.7 Å². The first kappa shape index (κ1) is 23.6. The molecule has 0 spiro atoms. The van der Waals surface area contributed by atoms with Crippen molar-refractivity contribution in [3.8, 4) is 0 Å². The highest BCUT2D eigenvalue weighted by Crippen LogP contribution is 2.36. The number of aryl methyl sites for hydroxylation is 2. The average molecular weight is 490 g/mol. The summed E-state index contributed by atoms with van der Waals surface area (Å²) in [5.74, 6) is -0.0202.